The highest BCUT2D eigenvalue weighted by Crippen LogP contribution is 2.39. The lowest BCUT2D eigenvalue weighted by Gasteiger charge is -2.32. The van der Waals surface area contributed by atoms with Gasteiger partial charge in [0.25, 0.3) is 29.1 Å². The second-order valence-corrected chi connectivity index (χ2v) is 34.6. The predicted molar refractivity (Wildman–Crippen MR) is 408 cm³/mol. The van der Waals surface area contributed by atoms with Crippen molar-refractivity contribution in [2.75, 3.05) is 26.4 Å². The number of nitrogens with zero attached hydrogens (tertiary/aromatic N) is 7. The van der Waals surface area contributed by atoms with Crippen LogP contribution in [0.5, 0.6) is 11.5 Å². The van der Waals surface area contributed by atoms with Crippen LogP contribution in [0.1, 0.15) is 64.5 Å². The predicted octanol–water partition coefficient (Wildman–Crippen LogP) is 15.7. The summed E-state index contributed by atoms with van der Waals surface area (Å²) in [5.41, 5.74) is 3.96. The quantitative estimate of drug-likeness (QED) is 0.0716. The second kappa shape index (κ2) is 32.8. The van der Waals surface area contributed by atoms with Gasteiger partial charge in [-0.3, -0.25) is 0 Å². The Morgan fingerprint density at radius 3 is 1.48 bits per heavy atom. The molecular weight excluding hydrogens is 1770 g/mol. The monoisotopic (exact) mass is 1830 g/mol. The molecule has 0 atom stereocenters. The van der Waals surface area contributed by atoms with Gasteiger partial charge >= 0.3 is 7.12 Å². The van der Waals surface area contributed by atoms with E-state index in [1.165, 1.54) is 29.0 Å². The molecule has 0 bridgehead atoms. The average molecular weight is 1830 g/mol. The molecule has 9 heterocycles. The van der Waals surface area contributed by atoms with Gasteiger partial charge in [0.05, 0.1) is 63.4 Å². The summed E-state index contributed by atoms with van der Waals surface area (Å²) in [5.74, 6) is 1.13. The Bertz CT molecular complexity index is 5140. The van der Waals surface area contributed by atoms with Gasteiger partial charge in [0.2, 0.25) is 0 Å². The highest BCUT2D eigenvalue weighted by molar-refractivity contribution is 14.1. The van der Waals surface area contributed by atoms with Gasteiger partial charge in [0.1, 0.15) is 41.5 Å². The van der Waals surface area contributed by atoms with Gasteiger partial charge in [0.15, 0.2) is 11.3 Å². The molecule has 20 nitrogen and oxygen atoms in total. The van der Waals surface area contributed by atoms with Crippen molar-refractivity contribution in [1.82, 2.24) is 27.9 Å². The molecule has 30 heteroatoms. The molecule has 1 N–H and O–H groups in total. The van der Waals surface area contributed by atoms with E-state index in [2.05, 4.69) is 131 Å². The van der Waals surface area contributed by atoms with Crippen LogP contribution in [0.15, 0.2) is 211 Å². The zero-order valence-corrected chi connectivity index (χ0v) is 65.5. The first kappa shape index (κ1) is 75.4. The third-order valence-electron chi connectivity index (χ3n) is 16.2. The van der Waals surface area contributed by atoms with E-state index in [0.717, 1.165) is 59.2 Å². The van der Waals surface area contributed by atoms with Crippen LogP contribution in [-0.2, 0) is 47.9 Å². The molecule has 0 radical (unpaired) electrons. The average Bonchev–Trinajstić information content (AvgIpc) is 1.64. The molecule has 99 heavy (non-hydrogen) atoms. The van der Waals surface area contributed by atoms with E-state index in [1.54, 1.807) is 128 Å². The lowest BCUT2D eigenvalue weighted by molar-refractivity contribution is 0.00578. The molecule has 0 spiro atoms. The van der Waals surface area contributed by atoms with Gasteiger partial charge in [-0.2, -0.15) is 10.5 Å². The first-order valence-corrected chi connectivity index (χ1v) is 40.2. The fraction of sp³-hybridized carbons (Fsp3) is 0.232. The Balaban J connectivity index is 0.000000143. The minimum atomic E-state index is -3.87. The van der Waals surface area contributed by atoms with Gasteiger partial charge < -0.3 is 33.2 Å². The summed E-state index contributed by atoms with van der Waals surface area (Å²) < 4.78 is 115. The van der Waals surface area contributed by atoms with Crippen LogP contribution in [-0.4, -0.2) is 110 Å². The van der Waals surface area contributed by atoms with Crippen molar-refractivity contribution in [3.8, 4) is 34.8 Å². The number of hydrogen-bond acceptors (Lipinski definition) is 17. The topological polar surface area (TPSA) is 270 Å². The minimum Gasteiger partial charge on any atom is -0.489 e. The van der Waals surface area contributed by atoms with Crippen molar-refractivity contribution < 1.29 is 53.5 Å². The molecule has 0 amide bonds. The van der Waals surface area contributed by atoms with E-state index in [9.17, 15) is 35.8 Å². The molecule has 3 aliphatic rings. The maximum atomic E-state index is 13.4. The molecule has 3 saturated heterocycles. The number of ether oxygens (including phenoxy) is 4. The van der Waals surface area contributed by atoms with Crippen molar-refractivity contribution in [2.45, 2.75) is 91.5 Å². The van der Waals surface area contributed by atoms with Gasteiger partial charge in [0, 0.05) is 116 Å². The summed E-state index contributed by atoms with van der Waals surface area (Å²) in [6.07, 6.45) is 13.4. The normalized spacial score (nSPS) is 15.4. The van der Waals surface area contributed by atoms with Gasteiger partial charge in [-0.1, -0.05) is 66.7 Å². The van der Waals surface area contributed by atoms with E-state index in [0.29, 0.717) is 76.9 Å². The highest BCUT2D eigenvalue weighted by Gasteiger charge is 2.52. The van der Waals surface area contributed by atoms with Gasteiger partial charge in [-0.05, 0) is 211 Å². The van der Waals surface area contributed by atoms with E-state index in [1.807, 2.05) is 64.2 Å². The first-order chi connectivity index (χ1) is 47.2. The number of pyridine rings is 3. The summed E-state index contributed by atoms with van der Waals surface area (Å²) in [5, 5.41) is 21.9. The summed E-state index contributed by atoms with van der Waals surface area (Å²) >= 11 is 14.5. The molecule has 6 aromatic heterocycles. The molecule has 0 aliphatic carbocycles. The molecule has 14 rings (SSSR count). The molecule has 5 aromatic carbocycles. The van der Waals surface area contributed by atoms with Crippen molar-refractivity contribution in [2.24, 2.45) is 0 Å². The Hall–Kier alpha value is -6.31. The number of nitrogens with one attached hydrogen (secondary N) is 1. The molecule has 0 saturated carbocycles. The number of fused-ring (bicyclic) bond motifs is 3. The zero-order chi connectivity index (χ0) is 70.9. The number of aromatic nitrogens is 6. The molecule has 0 unspecified atom stereocenters. The van der Waals surface area contributed by atoms with Crippen LogP contribution >= 0.6 is 104 Å². The van der Waals surface area contributed by atoms with Gasteiger partial charge in [-0.15, -0.1) is 0 Å². The van der Waals surface area contributed by atoms with E-state index < -0.39 is 47.4 Å². The van der Waals surface area contributed by atoms with Crippen molar-refractivity contribution in [3.63, 3.8) is 0 Å². The number of aromatic amines is 1. The van der Waals surface area contributed by atoms with Crippen molar-refractivity contribution >= 4 is 178 Å². The van der Waals surface area contributed by atoms with E-state index in [4.69, 9.17) is 38.9 Å². The standard InChI is InChI=1S/C25H20BrN3O4S.C18H24BNO4.C13H8BrIN2O2S.C7H4BrIN2.C6H5ClO2S/c26-19-13-22-23(16-29(25(22)28-15-19)34(30,31)21-4-2-1-3-5-21)17-6-7-24(18(12-17)14-27)33-20-8-10-32-11-9-20;1-17(2)18(3,4)24-19(23-17)14-5-6-16(13(11-14)12-20)22-15-7-9-21-10-8-15;14-9-6-11-12(15)8-17(13(11)16-7-9)20(18,19)10-4-2-1-3-5-10;8-4-1-5-6(9)3-11-7(5)10-2-4;7-10(8,9)6-4-2-1-3-5-6/h1-7,12-13,15-16,20H,8-11H2;5-6,11,15H,7-10H2,1-4H3;1-8H;1-3H,(H,10,11);1-5H. The summed E-state index contributed by atoms with van der Waals surface area (Å²) in [6, 6.07) is 45.5. The summed E-state index contributed by atoms with van der Waals surface area (Å²) in [4.78, 5) is 16.4. The van der Waals surface area contributed by atoms with Crippen LogP contribution in [0.4, 0.5) is 0 Å². The van der Waals surface area contributed by atoms with Crippen molar-refractivity contribution in [3.05, 3.63) is 214 Å². The number of benzene rings is 5. The second-order valence-electron chi connectivity index (χ2n) is 23.4. The fourth-order valence-corrected chi connectivity index (χ4v) is 16.2. The number of rotatable bonds is 11. The van der Waals surface area contributed by atoms with Crippen LogP contribution in [0.25, 0.3) is 44.2 Å². The maximum absolute atomic E-state index is 13.4. The third kappa shape index (κ3) is 18.3. The number of halogens is 6. The van der Waals surface area contributed by atoms with Crippen molar-refractivity contribution in [1.29, 1.82) is 10.5 Å². The molecule has 512 valence electrons. The largest absolute Gasteiger partial charge is 0.494 e. The summed E-state index contributed by atoms with van der Waals surface area (Å²) in [6.45, 7) is 10.8. The van der Waals surface area contributed by atoms with Crippen LogP contribution in [0.3, 0.4) is 0 Å². The third-order valence-corrected chi connectivity index (χ3v) is 23.9. The van der Waals surface area contributed by atoms with Gasteiger partial charge in [-0.25, -0.2) is 48.2 Å². The Morgan fingerprint density at radius 2 is 1.00 bits per heavy atom. The SMILES string of the molecule is Brc1cnc2[nH]cc(I)c2c1.CC1(C)OB(c2ccc(OC3CCOCC3)c(C#N)c2)OC1(C)C.N#Cc1cc(-c2cn(S(=O)(=O)c3ccccc3)c3ncc(Br)cc23)ccc1OC1CCOCC1.O=S(=O)(Cl)c1ccccc1.O=S(=O)(c1ccccc1)n1cc(I)c2cc(Br)cnc21. The number of H-pyrrole nitrogens is 1. The number of hydrogen-bond donors (Lipinski definition) is 1. The molecule has 11 aromatic rings. The lowest BCUT2D eigenvalue weighted by Crippen LogP contribution is -2.41. The molecule has 3 aliphatic heterocycles. The Morgan fingerprint density at radius 1 is 0.566 bits per heavy atom. The fourth-order valence-electron chi connectivity index (χ4n) is 10.3. The Kier molecular flexibility index (Phi) is 25.0. The van der Waals surface area contributed by atoms with E-state index in [-0.39, 0.29) is 26.9 Å². The highest BCUT2D eigenvalue weighted by atomic mass is 127. The molecule has 3 fully saturated rings. The number of nitriles is 2. The maximum Gasteiger partial charge on any atom is 0.494 e. The van der Waals surface area contributed by atoms with Crippen LogP contribution < -0.4 is 14.9 Å². The molecular formula is C69H61BBr3ClI2N8O12S3. The van der Waals surface area contributed by atoms with E-state index >= 15 is 0 Å². The Labute approximate surface area is 631 Å². The van der Waals surface area contributed by atoms with Crippen LogP contribution in [0.2, 0.25) is 0 Å². The summed E-state index contributed by atoms with van der Waals surface area (Å²) in [7, 11) is -6.47. The smallest absolute Gasteiger partial charge is 0.489 e. The first-order valence-electron chi connectivity index (χ1n) is 30.5. The minimum absolute atomic E-state index is 0.00443. The zero-order valence-electron chi connectivity index (χ0n) is 53.2. The van der Waals surface area contributed by atoms with Crippen LogP contribution in [0, 0.1) is 29.8 Å². The lowest BCUT2D eigenvalue weighted by atomic mass is 9.78.